The van der Waals surface area contributed by atoms with Crippen molar-refractivity contribution in [3.63, 3.8) is 0 Å². The van der Waals surface area contributed by atoms with Crippen LogP contribution >= 0.6 is 0 Å². The molecule has 3 nitrogen and oxygen atoms in total. The molecule has 0 saturated carbocycles. The molecular formula is C14H27NO2. The van der Waals surface area contributed by atoms with Crippen LogP contribution in [-0.4, -0.2) is 48.5 Å². The predicted octanol–water partition coefficient (Wildman–Crippen LogP) is 2.04. The van der Waals surface area contributed by atoms with Crippen LogP contribution in [0.2, 0.25) is 0 Å². The molecule has 2 rings (SSSR count). The highest BCUT2D eigenvalue weighted by molar-refractivity contribution is 4.82. The fraction of sp³-hybridized carbons (Fsp3) is 1.00. The lowest BCUT2D eigenvalue weighted by Gasteiger charge is -2.37. The summed E-state index contributed by atoms with van der Waals surface area (Å²) in [5, 5.41) is 10.3. The Balaban J connectivity index is 1.81. The number of aliphatic hydroxyl groups excluding tert-OH is 1. The van der Waals surface area contributed by atoms with E-state index in [1.54, 1.807) is 0 Å². The minimum Gasteiger partial charge on any atom is -0.391 e. The van der Waals surface area contributed by atoms with Gasteiger partial charge in [-0.1, -0.05) is 19.8 Å². The molecule has 2 heterocycles. The van der Waals surface area contributed by atoms with Gasteiger partial charge in [0.15, 0.2) is 0 Å². The van der Waals surface area contributed by atoms with Gasteiger partial charge in [0.05, 0.1) is 12.7 Å². The van der Waals surface area contributed by atoms with E-state index in [0.717, 1.165) is 26.2 Å². The monoisotopic (exact) mass is 241 g/mol. The summed E-state index contributed by atoms with van der Waals surface area (Å²) in [6.07, 6.45) is 7.38. The largest absolute Gasteiger partial charge is 0.391 e. The summed E-state index contributed by atoms with van der Waals surface area (Å²) < 4.78 is 5.36. The smallest absolute Gasteiger partial charge is 0.0718 e. The Bertz CT molecular complexity index is 214. The molecule has 3 unspecified atom stereocenters. The van der Waals surface area contributed by atoms with Crippen molar-refractivity contribution in [3.8, 4) is 0 Å². The van der Waals surface area contributed by atoms with Gasteiger partial charge in [0.2, 0.25) is 0 Å². The Kier molecular flexibility index (Phi) is 5.26. The van der Waals surface area contributed by atoms with E-state index in [1.165, 1.54) is 38.6 Å². The second-order valence-corrected chi connectivity index (χ2v) is 5.62. The standard InChI is InChI=1S/C14H27NO2/c1-2-5-13-6-3-4-8-15(13)10-14(16)12-7-9-17-11-12/h12-14,16H,2-11H2,1H3. The molecule has 2 aliphatic rings. The van der Waals surface area contributed by atoms with Crippen molar-refractivity contribution in [2.75, 3.05) is 26.3 Å². The number of likely N-dealkylation sites (tertiary alicyclic amines) is 1. The molecule has 0 aromatic carbocycles. The zero-order valence-electron chi connectivity index (χ0n) is 11.1. The molecule has 0 amide bonds. The lowest BCUT2D eigenvalue weighted by molar-refractivity contribution is 0.0278. The molecule has 0 radical (unpaired) electrons. The van der Waals surface area contributed by atoms with Gasteiger partial charge in [-0.15, -0.1) is 0 Å². The number of β-amino-alcohol motifs (C(OH)–C–C–N with tert-alkyl or cyclic N) is 1. The van der Waals surface area contributed by atoms with E-state index in [4.69, 9.17) is 4.74 Å². The second kappa shape index (κ2) is 6.72. The lowest BCUT2D eigenvalue weighted by atomic mass is 9.95. The van der Waals surface area contributed by atoms with E-state index in [1.807, 2.05) is 0 Å². The summed E-state index contributed by atoms with van der Waals surface area (Å²) >= 11 is 0. The van der Waals surface area contributed by atoms with Crippen molar-refractivity contribution in [1.82, 2.24) is 4.90 Å². The molecule has 0 aromatic rings. The topological polar surface area (TPSA) is 32.7 Å². The van der Waals surface area contributed by atoms with Crippen LogP contribution in [0.4, 0.5) is 0 Å². The molecule has 2 saturated heterocycles. The maximum atomic E-state index is 10.3. The number of nitrogens with zero attached hydrogens (tertiary/aromatic N) is 1. The molecule has 2 aliphatic heterocycles. The summed E-state index contributed by atoms with van der Waals surface area (Å²) in [4.78, 5) is 2.52. The number of aliphatic hydroxyl groups is 1. The molecule has 3 heteroatoms. The number of hydrogen-bond acceptors (Lipinski definition) is 3. The molecule has 3 atom stereocenters. The Hall–Kier alpha value is -0.120. The van der Waals surface area contributed by atoms with Crippen molar-refractivity contribution in [2.45, 2.75) is 57.6 Å². The van der Waals surface area contributed by atoms with Gasteiger partial charge < -0.3 is 9.84 Å². The number of rotatable bonds is 5. The molecule has 0 spiro atoms. The molecular weight excluding hydrogens is 214 g/mol. The number of ether oxygens (including phenoxy) is 1. The third-order valence-electron chi connectivity index (χ3n) is 4.30. The first kappa shape index (κ1) is 13.3. The third-order valence-corrected chi connectivity index (χ3v) is 4.30. The predicted molar refractivity (Wildman–Crippen MR) is 69.1 cm³/mol. The maximum absolute atomic E-state index is 10.3. The van der Waals surface area contributed by atoms with Crippen molar-refractivity contribution >= 4 is 0 Å². The fourth-order valence-electron chi connectivity index (χ4n) is 3.21. The summed E-state index contributed by atoms with van der Waals surface area (Å²) in [6.45, 7) is 5.88. The fourth-order valence-corrected chi connectivity index (χ4v) is 3.21. The van der Waals surface area contributed by atoms with Gasteiger partial charge >= 0.3 is 0 Å². The number of piperidine rings is 1. The van der Waals surface area contributed by atoms with Crippen molar-refractivity contribution in [1.29, 1.82) is 0 Å². The Morgan fingerprint density at radius 2 is 2.24 bits per heavy atom. The van der Waals surface area contributed by atoms with Gasteiger partial charge in [0, 0.05) is 25.1 Å². The molecule has 0 bridgehead atoms. The minimum absolute atomic E-state index is 0.185. The Morgan fingerprint density at radius 3 is 2.94 bits per heavy atom. The quantitative estimate of drug-likeness (QED) is 0.799. The Morgan fingerprint density at radius 1 is 1.35 bits per heavy atom. The highest BCUT2D eigenvalue weighted by Crippen LogP contribution is 2.24. The van der Waals surface area contributed by atoms with Crippen LogP contribution in [-0.2, 0) is 4.74 Å². The average molecular weight is 241 g/mol. The average Bonchev–Trinajstić information content (AvgIpc) is 2.85. The van der Waals surface area contributed by atoms with E-state index in [0.29, 0.717) is 12.0 Å². The van der Waals surface area contributed by atoms with E-state index in [2.05, 4.69) is 11.8 Å². The number of hydrogen-bond donors (Lipinski definition) is 1. The van der Waals surface area contributed by atoms with Crippen molar-refractivity contribution in [3.05, 3.63) is 0 Å². The van der Waals surface area contributed by atoms with Gasteiger partial charge in [-0.25, -0.2) is 0 Å². The first-order chi connectivity index (χ1) is 8.31. The highest BCUT2D eigenvalue weighted by atomic mass is 16.5. The van der Waals surface area contributed by atoms with Gasteiger partial charge in [-0.2, -0.15) is 0 Å². The SMILES string of the molecule is CCCC1CCCCN1CC(O)C1CCOC1. The zero-order chi connectivity index (χ0) is 12.1. The summed E-state index contributed by atoms with van der Waals surface area (Å²) in [7, 11) is 0. The summed E-state index contributed by atoms with van der Waals surface area (Å²) in [5.74, 6) is 0.374. The van der Waals surface area contributed by atoms with E-state index in [9.17, 15) is 5.11 Å². The van der Waals surface area contributed by atoms with Gasteiger partial charge in [0.25, 0.3) is 0 Å². The first-order valence-electron chi connectivity index (χ1n) is 7.31. The molecule has 1 N–H and O–H groups in total. The van der Waals surface area contributed by atoms with Crippen molar-refractivity contribution < 1.29 is 9.84 Å². The van der Waals surface area contributed by atoms with E-state index >= 15 is 0 Å². The van der Waals surface area contributed by atoms with Crippen LogP contribution in [0.15, 0.2) is 0 Å². The van der Waals surface area contributed by atoms with Crippen molar-refractivity contribution in [2.24, 2.45) is 5.92 Å². The van der Waals surface area contributed by atoms with E-state index in [-0.39, 0.29) is 6.10 Å². The molecule has 17 heavy (non-hydrogen) atoms. The lowest BCUT2D eigenvalue weighted by Crippen LogP contribution is -2.45. The van der Waals surface area contributed by atoms with Gasteiger partial charge in [-0.05, 0) is 32.2 Å². The molecule has 0 aromatic heterocycles. The normalized spacial score (nSPS) is 32.8. The second-order valence-electron chi connectivity index (χ2n) is 5.62. The maximum Gasteiger partial charge on any atom is 0.0718 e. The van der Waals surface area contributed by atoms with Crippen LogP contribution in [0.25, 0.3) is 0 Å². The van der Waals surface area contributed by atoms with Crippen LogP contribution < -0.4 is 0 Å². The molecule has 0 aliphatic carbocycles. The summed E-state index contributed by atoms with van der Waals surface area (Å²) in [6, 6.07) is 0.714. The van der Waals surface area contributed by atoms with E-state index < -0.39 is 0 Å². The Labute approximate surface area is 105 Å². The van der Waals surface area contributed by atoms with Crippen LogP contribution in [0.3, 0.4) is 0 Å². The van der Waals surface area contributed by atoms with Gasteiger partial charge in [0.1, 0.15) is 0 Å². The zero-order valence-corrected chi connectivity index (χ0v) is 11.1. The molecule has 2 fully saturated rings. The first-order valence-corrected chi connectivity index (χ1v) is 7.31. The van der Waals surface area contributed by atoms with Gasteiger partial charge in [-0.3, -0.25) is 4.90 Å². The van der Waals surface area contributed by atoms with Crippen LogP contribution in [0, 0.1) is 5.92 Å². The molecule has 100 valence electrons. The minimum atomic E-state index is -0.185. The van der Waals surface area contributed by atoms with Crippen LogP contribution in [0.5, 0.6) is 0 Å². The summed E-state index contributed by atoms with van der Waals surface area (Å²) in [5.41, 5.74) is 0. The van der Waals surface area contributed by atoms with Crippen LogP contribution in [0.1, 0.15) is 45.4 Å². The highest BCUT2D eigenvalue weighted by Gasteiger charge is 2.29. The third kappa shape index (κ3) is 3.67.